The van der Waals surface area contributed by atoms with Crippen molar-refractivity contribution < 1.29 is 29.4 Å². The van der Waals surface area contributed by atoms with Gasteiger partial charge in [0.2, 0.25) is 0 Å². The van der Waals surface area contributed by atoms with Crippen LogP contribution in [0.25, 0.3) is 0 Å². The topological polar surface area (TPSA) is 115 Å². The molecule has 0 spiro atoms. The van der Waals surface area contributed by atoms with Crippen molar-refractivity contribution in [3.8, 4) is 5.75 Å². The molecule has 0 bridgehead atoms. The third kappa shape index (κ3) is 1.95. The first-order valence-electron chi connectivity index (χ1n) is 4.28. The zero-order chi connectivity index (χ0) is 12.6. The maximum absolute atomic E-state index is 11.2. The molecule has 1 rings (SSSR count). The third-order valence-corrected chi connectivity index (χ3v) is 4.02. The minimum Gasteiger partial charge on any atom is -0.508 e. The molecule has 16 heavy (non-hydrogen) atoms. The van der Waals surface area contributed by atoms with E-state index in [0.717, 1.165) is 13.0 Å². The van der Waals surface area contributed by atoms with Crippen molar-refractivity contribution in [3.63, 3.8) is 0 Å². The summed E-state index contributed by atoms with van der Waals surface area (Å²) in [6.07, 6.45) is 0. The predicted molar refractivity (Wildman–Crippen MR) is 55.1 cm³/mol. The van der Waals surface area contributed by atoms with Crippen molar-refractivity contribution in [2.45, 2.75) is 12.1 Å². The molecule has 0 saturated heterocycles. The van der Waals surface area contributed by atoms with E-state index in [2.05, 4.69) is 0 Å². The zero-order valence-corrected chi connectivity index (χ0v) is 9.26. The molecule has 0 radical (unpaired) electrons. The first-order valence-corrected chi connectivity index (χ1v) is 5.89. The molecule has 0 saturated carbocycles. The number of hydrogen-bond donors (Lipinski definition) is 4. The van der Waals surface area contributed by atoms with Gasteiger partial charge in [0.05, 0.1) is 0 Å². The molecule has 0 heterocycles. The van der Waals surface area contributed by atoms with Crippen LogP contribution in [0.15, 0.2) is 24.3 Å². The van der Waals surface area contributed by atoms with E-state index in [1.165, 1.54) is 18.2 Å². The van der Waals surface area contributed by atoms with Crippen molar-refractivity contribution in [2.24, 2.45) is 0 Å². The summed E-state index contributed by atoms with van der Waals surface area (Å²) >= 11 is 0. The van der Waals surface area contributed by atoms with Crippen LogP contribution in [0.2, 0.25) is 0 Å². The van der Waals surface area contributed by atoms with Crippen LogP contribution in [-0.4, -0.2) is 26.0 Å². The number of hydrogen-bond acceptors (Lipinski definition) is 3. The Bertz CT molecular complexity index is 465. The standard InChI is InChI=1S/C9H11O6P/c1-9(8(11)12,16(13,14)15)6-3-2-4-7(10)5-6/h2-5,10H,1H3,(H,11,12)(H2,13,14,15). The Morgan fingerprint density at radius 2 is 1.94 bits per heavy atom. The van der Waals surface area contributed by atoms with E-state index < -0.39 is 18.7 Å². The number of rotatable bonds is 3. The first kappa shape index (κ1) is 12.7. The van der Waals surface area contributed by atoms with Crippen molar-refractivity contribution in [3.05, 3.63) is 29.8 Å². The highest BCUT2D eigenvalue weighted by Crippen LogP contribution is 2.57. The number of carboxylic acid groups (broad SMARTS) is 1. The highest BCUT2D eigenvalue weighted by molar-refractivity contribution is 7.54. The number of phenols is 1. The summed E-state index contributed by atoms with van der Waals surface area (Å²) in [7, 11) is -4.90. The van der Waals surface area contributed by atoms with Gasteiger partial charge in [-0.25, -0.2) is 0 Å². The van der Waals surface area contributed by atoms with Gasteiger partial charge in [-0.3, -0.25) is 9.36 Å². The van der Waals surface area contributed by atoms with Crippen LogP contribution in [-0.2, 0) is 14.5 Å². The average Bonchev–Trinajstić information content (AvgIpc) is 2.14. The van der Waals surface area contributed by atoms with E-state index in [1.54, 1.807) is 0 Å². The van der Waals surface area contributed by atoms with Crippen molar-refractivity contribution in [1.29, 1.82) is 0 Å². The van der Waals surface area contributed by atoms with E-state index in [9.17, 15) is 14.5 Å². The number of aliphatic carboxylic acids is 1. The minimum atomic E-state index is -4.90. The highest BCUT2D eigenvalue weighted by Gasteiger charge is 2.51. The number of aromatic hydroxyl groups is 1. The molecule has 0 aliphatic heterocycles. The first-order chi connectivity index (χ1) is 7.19. The SMILES string of the molecule is CC(C(=O)O)(c1cccc(O)c1)P(=O)(O)O. The molecule has 1 unspecified atom stereocenters. The van der Waals surface area contributed by atoms with E-state index in [0.29, 0.717) is 0 Å². The van der Waals surface area contributed by atoms with Gasteiger partial charge in [0, 0.05) is 0 Å². The Kier molecular flexibility index (Phi) is 3.10. The lowest BCUT2D eigenvalue weighted by molar-refractivity contribution is -0.140. The van der Waals surface area contributed by atoms with Crippen LogP contribution in [0.5, 0.6) is 5.75 Å². The monoisotopic (exact) mass is 246 g/mol. The Balaban J connectivity index is 3.46. The van der Waals surface area contributed by atoms with Crippen molar-refractivity contribution in [2.75, 3.05) is 0 Å². The summed E-state index contributed by atoms with van der Waals surface area (Å²) in [5.74, 6) is -1.90. The van der Waals surface area contributed by atoms with Gasteiger partial charge in [-0.2, -0.15) is 0 Å². The molecule has 88 valence electrons. The van der Waals surface area contributed by atoms with Gasteiger partial charge in [0.25, 0.3) is 0 Å². The number of carbonyl (C=O) groups is 1. The van der Waals surface area contributed by atoms with Gasteiger partial charge in [-0.05, 0) is 24.6 Å². The van der Waals surface area contributed by atoms with E-state index >= 15 is 0 Å². The van der Waals surface area contributed by atoms with Crippen LogP contribution < -0.4 is 0 Å². The zero-order valence-electron chi connectivity index (χ0n) is 8.36. The fourth-order valence-electron chi connectivity index (χ4n) is 1.22. The molecule has 0 amide bonds. The van der Waals surface area contributed by atoms with Crippen LogP contribution >= 0.6 is 7.60 Å². The Labute approximate surface area is 91.3 Å². The molecular formula is C9H11O6P. The molecular weight excluding hydrogens is 235 g/mol. The van der Waals surface area contributed by atoms with Gasteiger partial charge in [0.1, 0.15) is 5.75 Å². The Hall–Kier alpha value is -1.36. The van der Waals surface area contributed by atoms with Gasteiger partial charge >= 0.3 is 13.6 Å². The van der Waals surface area contributed by atoms with Crippen molar-refractivity contribution in [1.82, 2.24) is 0 Å². The minimum absolute atomic E-state index is 0.145. The average molecular weight is 246 g/mol. The number of carboxylic acids is 1. The summed E-state index contributed by atoms with van der Waals surface area (Å²) in [6, 6.07) is 4.87. The smallest absolute Gasteiger partial charge is 0.346 e. The van der Waals surface area contributed by atoms with Crippen LogP contribution in [0.4, 0.5) is 0 Å². The fraction of sp³-hybridized carbons (Fsp3) is 0.222. The summed E-state index contributed by atoms with van der Waals surface area (Å²) in [6.45, 7) is 0.922. The number of phenolic OH excluding ortho intramolecular Hbond substituents is 1. The van der Waals surface area contributed by atoms with E-state index in [4.69, 9.17) is 14.9 Å². The van der Waals surface area contributed by atoms with Crippen LogP contribution in [0.1, 0.15) is 12.5 Å². The normalized spacial score (nSPS) is 15.4. The molecule has 4 N–H and O–H groups in total. The molecule has 1 aromatic carbocycles. The molecule has 7 heteroatoms. The molecule has 0 aliphatic rings. The second-order valence-electron chi connectivity index (χ2n) is 3.47. The van der Waals surface area contributed by atoms with Gasteiger partial charge < -0.3 is 20.0 Å². The molecule has 1 atom stereocenters. The van der Waals surface area contributed by atoms with Crippen LogP contribution in [0, 0.1) is 0 Å². The summed E-state index contributed by atoms with van der Waals surface area (Å²) in [5.41, 5.74) is -0.145. The van der Waals surface area contributed by atoms with Crippen molar-refractivity contribution >= 4 is 13.6 Å². The quantitative estimate of drug-likeness (QED) is 0.588. The Morgan fingerprint density at radius 1 is 1.38 bits per heavy atom. The molecule has 0 aromatic heterocycles. The Morgan fingerprint density at radius 3 is 2.31 bits per heavy atom. The van der Waals surface area contributed by atoms with Gasteiger partial charge in [0.15, 0.2) is 5.16 Å². The largest absolute Gasteiger partial charge is 0.508 e. The molecule has 6 nitrogen and oxygen atoms in total. The maximum atomic E-state index is 11.2. The van der Waals surface area contributed by atoms with Crippen LogP contribution in [0.3, 0.4) is 0 Å². The summed E-state index contributed by atoms with van der Waals surface area (Å²) in [5, 5.41) is 15.8. The lowest BCUT2D eigenvalue weighted by Gasteiger charge is -2.26. The molecule has 0 fully saturated rings. The van der Waals surface area contributed by atoms with E-state index in [-0.39, 0.29) is 11.3 Å². The lowest BCUT2D eigenvalue weighted by atomic mass is 10.0. The predicted octanol–water partition coefficient (Wildman–Crippen LogP) is 0.870. The summed E-state index contributed by atoms with van der Waals surface area (Å²) < 4.78 is 11.2. The maximum Gasteiger partial charge on any atom is 0.346 e. The summed E-state index contributed by atoms with van der Waals surface area (Å²) in [4.78, 5) is 29.2. The second kappa shape index (κ2) is 3.90. The highest BCUT2D eigenvalue weighted by atomic mass is 31.2. The third-order valence-electron chi connectivity index (χ3n) is 2.41. The molecule has 1 aromatic rings. The van der Waals surface area contributed by atoms with Gasteiger partial charge in [-0.15, -0.1) is 0 Å². The van der Waals surface area contributed by atoms with E-state index in [1.807, 2.05) is 0 Å². The number of benzene rings is 1. The molecule has 0 aliphatic carbocycles. The van der Waals surface area contributed by atoms with Gasteiger partial charge in [-0.1, -0.05) is 12.1 Å². The lowest BCUT2D eigenvalue weighted by Crippen LogP contribution is -2.32. The fourth-order valence-corrected chi connectivity index (χ4v) is 1.95. The second-order valence-corrected chi connectivity index (χ2v) is 5.45.